The summed E-state index contributed by atoms with van der Waals surface area (Å²) in [7, 11) is 1.63. The van der Waals surface area contributed by atoms with Crippen molar-refractivity contribution < 1.29 is 14.6 Å². The van der Waals surface area contributed by atoms with Crippen molar-refractivity contribution in [2.75, 3.05) is 7.11 Å². The summed E-state index contributed by atoms with van der Waals surface area (Å²) in [5.41, 5.74) is 1.51. The number of aromatic nitrogens is 1. The normalized spacial score (nSPS) is 14.4. The molecule has 1 N–H and O–H groups in total. The van der Waals surface area contributed by atoms with Gasteiger partial charge in [-0.05, 0) is 34.4 Å². The molecule has 0 aliphatic rings. The number of hydrogen-bond donors (Lipinski definition) is 1. The SMILES string of the molecule is C=Nc1c(/C=C\C)c(C(=O)O)c(C)n1C(C)C(C)OC. The summed E-state index contributed by atoms with van der Waals surface area (Å²) in [6.45, 7) is 11.1. The van der Waals surface area contributed by atoms with Crippen molar-refractivity contribution in [3.05, 3.63) is 22.9 Å². The fourth-order valence-electron chi connectivity index (χ4n) is 2.38. The Hall–Kier alpha value is -1.88. The highest BCUT2D eigenvalue weighted by Gasteiger charge is 2.27. The minimum Gasteiger partial charge on any atom is -0.478 e. The average molecular weight is 278 g/mol. The molecule has 1 aromatic rings. The Balaban J connectivity index is 3.64. The van der Waals surface area contributed by atoms with E-state index < -0.39 is 5.97 Å². The third-order valence-electron chi connectivity index (χ3n) is 3.62. The van der Waals surface area contributed by atoms with Crippen LogP contribution in [-0.2, 0) is 4.74 Å². The number of carbonyl (C=O) groups is 1. The van der Waals surface area contributed by atoms with Crippen LogP contribution in [0.2, 0.25) is 0 Å². The first kappa shape index (κ1) is 16.2. The maximum absolute atomic E-state index is 11.5. The lowest BCUT2D eigenvalue weighted by atomic mass is 10.1. The van der Waals surface area contributed by atoms with Crippen LogP contribution in [0.1, 0.15) is 48.4 Å². The predicted molar refractivity (Wildman–Crippen MR) is 81.2 cm³/mol. The largest absolute Gasteiger partial charge is 0.478 e. The standard InChI is InChI=1S/C15H22N2O3/c1-7-8-12-13(15(18)19)10(3)17(14(12)16-5)9(2)11(4)20-6/h7-9,11H,5H2,1-4,6H3,(H,18,19)/b8-7-. The molecule has 20 heavy (non-hydrogen) atoms. The van der Waals surface area contributed by atoms with E-state index >= 15 is 0 Å². The van der Waals surface area contributed by atoms with Gasteiger partial charge >= 0.3 is 5.97 Å². The summed E-state index contributed by atoms with van der Waals surface area (Å²) in [4.78, 5) is 15.6. The van der Waals surface area contributed by atoms with Crippen molar-refractivity contribution in [1.29, 1.82) is 0 Å². The number of aliphatic imine (C=N–C) groups is 1. The monoisotopic (exact) mass is 278 g/mol. The van der Waals surface area contributed by atoms with Crippen molar-refractivity contribution in [3.8, 4) is 0 Å². The number of aromatic carboxylic acids is 1. The Bertz CT molecular complexity index is 544. The van der Waals surface area contributed by atoms with Crippen LogP contribution in [0, 0.1) is 6.92 Å². The Kier molecular flexibility index (Phi) is 5.27. The second kappa shape index (κ2) is 6.52. The third-order valence-corrected chi connectivity index (χ3v) is 3.62. The van der Waals surface area contributed by atoms with Gasteiger partial charge in [0.25, 0.3) is 0 Å². The number of allylic oxidation sites excluding steroid dienone is 1. The highest BCUT2D eigenvalue weighted by molar-refractivity contribution is 5.96. The Morgan fingerprint density at radius 3 is 2.50 bits per heavy atom. The number of hydrogen-bond acceptors (Lipinski definition) is 3. The zero-order valence-corrected chi connectivity index (χ0v) is 12.7. The van der Waals surface area contributed by atoms with E-state index in [4.69, 9.17) is 4.74 Å². The van der Waals surface area contributed by atoms with Gasteiger partial charge in [0.05, 0.1) is 17.7 Å². The number of ether oxygens (including phenoxy) is 1. The fourth-order valence-corrected chi connectivity index (χ4v) is 2.38. The molecule has 0 aromatic carbocycles. The molecule has 1 rings (SSSR count). The van der Waals surface area contributed by atoms with Gasteiger partial charge in [0.1, 0.15) is 5.82 Å². The molecular weight excluding hydrogens is 256 g/mol. The van der Waals surface area contributed by atoms with E-state index in [2.05, 4.69) is 11.7 Å². The van der Waals surface area contributed by atoms with E-state index in [0.29, 0.717) is 17.1 Å². The first-order valence-electron chi connectivity index (χ1n) is 6.50. The molecular formula is C15H22N2O3. The highest BCUT2D eigenvalue weighted by atomic mass is 16.5. The van der Waals surface area contributed by atoms with Gasteiger partial charge in [-0.25, -0.2) is 9.79 Å². The van der Waals surface area contributed by atoms with Gasteiger partial charge in [-0.1, -0.05) is 12.2 Å². The third kappa shape index (κ3) is 2.67. The summed E-state index contributed by atoms with van der Waals surface area (Å²) >= 11 is 0. The summed E-state index contributed by atoms with van der Waals surface area (Å²) < 4.78 is 7.22. The van der Waals surface area contributed by atoms with Gasteiger partial charge in [0.2, 0.25) is 0 Å². The predicted octanol–water partition coefficient (Wildman–Crippen LogP) is 3.46. The van der Waals surface area contributed by atoms with Crippen LogP contribution in [0.15, 0.2) is 11.1 Å². The van der Waals surface area contributed by atoms with Crippen LogP contribution in [0.3, 0.4) is 0 Å². The molecule has 0 aliphatic carbocycles. The summed E-state index contributed by atoms with van der Waals surface area (Å²) in [6.07, 6.45) is 3.48. The number of methoxy groups -OCH3 is 1. The summed E-state index contributed by atoms with van der Waals surface area (Å²) in [6, 6.07) is -0.0439. The maximum atomic E-state index is 11.5. The Labute approximate surface area is 119 Å². The molecule has 5 heteroatoms. The van der Waals surface area contributed by atoms with E-state index in [1.54, 1.807) is 26.2 Å². The molecule has 0 saturated heterocycles. The fraction of sp³-hybridized carbons (Fsp3) is 0.467. The van der Waals surface area contributed by atoms with Crippen molar-refractivity contribution in [2.45, 2.75) is 39.8 Å². The van der Waals surface area contributed by atoms with Crippen LogP contribution in [0.25, 0.3) is 6.08 Å². The van der Waals surface area contributed by atoms with E-state index in [-0.39, 0.29) is 17.7 Å². The Morgan fingerprint density at radius 1 is 1.50 bits per heavy atom. The molecule has 0 amide bonds. The number of carboxylic acids is 1. The van der Waals surface area contributed by atoms with Crippen molar-refractivity contribution in [2.24, 2.45) is 4.99 Å². The van der Waals surface area contributed by atoms with E-state index in [9.17, 15) is 9.90 Å². The van der Waals surface area contributed by atoms with Crippen LogP contribution in [-0.4, -0.2) is 35.6 Å². The molecule has 1 aromatic heterocycles. The topological polar surface area (TPSA) is 63.8 Å². The number of nitrogens with zero attached hydrogens (tertiary/aromatic N) is 2. The van der Waals surface area contributed by atoms with Gasteiger partial charge in [0, 0.05) is 18.4 Å². The summed E-state index contributed by atoms with van der Waals surface area (Å²) in [5.74, 6) is -0.397. The number of rotatable bonds is 6. The molecule has 0 aliphatic heterocycles. The van der Waals surface area contributed by atoms with E-state index in [1.807, 2.05) is 25.3 Å². The van der Waals surface area contributed by atoms with Gasteiger partial charge in [-0.3, -0.25) is 0 Å². The zero-order chi connectivity index (χ0) is 15.4. The molecule has 0 saturated carbocycles. The van der Waals surface area contributed by atoms with E-state index in [1.165, 1.54) is 0 Å². The molecule has 110 valence electrons. The van der Waals surface area contributed by atoms with Crippen molar-refractivity contribution >= 4 is 24.6 Å². The lowest BCUT2D eigenvalue weighted by molar-refractivity contribution is 0.0690. The second-order valence-corrected chi connectivity index (χ2v) is 4.71. The average Bonchev–Trinajstić information content (AvgIpc) is 2.69. The second-order valence-electron chi connectivity index (χ2n) is 4.71. The lowest BCUT2D eigenvalue weighted by Gasteiger charge is -2.23. The molecule has 0 spiro atoms. The molecule has 0 fully saturated rings. The van der Waals surface area contributed by atoms with Crippen molar-refractivity contribution in [3.63, 3.8) is 0 Å². The van der Waals surface area contributed by atoms with Crippen LogP contribution >= 0.6 is 0 Å². The smallest absolute Gasteiger partial charge is 0.338 e. The first-order valence-corrected chi connectivity index (χ1v) is 6.50. The van der Waals surface area contributed by atoms with Crippen LogP contribution in [0.4, 0.5) is 5.82 Å². The molecule has 0 bridgehead atoms. The molecule has 2 atom stereocenters. The van der Waals surface area contributed by atoms with Crippen LogP contribution in [0.5, 0.6) is 0 Å². The first-order chi connectivity index (χ1) is 9.40. The minimum atomic E-state index is -0.962. The Morgan fingerprint density at radius 2 is 2.10 bits per heavy atom. The minimum absolute atomic E-state index is 0.0439. The van der Waals surface area contributed by atoms with Crippen LogP contribution < -0.4 is 0 Å². The van der Waals surface area contributed by atoms with Gasteiger partial charge in [-0.2, -0.15) is 0 Å². The summed E-state index contributed by atoms with van der Waals surface area (Å²) in [5, 5.41) is 9.44. The lowest BCUT2D eigenvalue weighted by Crippen LogP contribution is -2.21. The number of carboxylic acid groups (broad SMARTS) is 1. The molecule has 2 unspecified atom stereocenters. The van der Waals surface area contributed by atoms with Gasteiger partial charge < -0.3 is 14.4 Å². The van der Waals surface area contributed by atoms with Crippen molar-refractivity contribution in [1.82, 2.24) is 4.57 Å². The molecule has 0 radical (unpaired) electrons. The molecule has 5 nitrogen and oxygen atoms in total. The van der Waals surface area contributed by atoms with Gasteiger partial charge in [0.15, 0.2) is 0 Å². The maximum Gasteiger partial charge on any atom is 0.338 e. The van der Waals surface area contributed by atoms with E-state index in [0.717, 1.165) is 0 Å². The molecule has 1 heterocycles. The zero-order valence-electron chi connectivity index (χ0n) is 12.7. The highest BCUT2D eigenvalue weighted by Crippen LogP contribution is 2.35. The quantitative estimate of drug-likeness (QED) is 0.810. The van der Waals surface area contributed by atoms with Gasteiger partial charge in [-0.15, -0.1) is 0 Å².